The molecular formula is C10H5FO3. The molecule has 0 spiro atoms. The van der Waals surface area contributed by atoms with Crippen LogP contribution in [0.25, 0.3) is 5.76 Å². The summed E-state index contributed by atoms with van der Waals surface area (Å²) in [4.78, 5) is 21.5. The molecule has 0 atom stereocenters. The van der Waals surface area contributed by atoms with Crippen LogP contribution in [-0.4, -0.2) is 11.8 Å². The highest BCUT2D eigenvalue weighted by molar-refractivity contribution is 6.42. The molecule has 70 valence electrons. The van der Waals surface area contributed by atoms with Crippen LogP contribution in [0.5, 0.6) is 0 Å². The smallest absolute Gasteiger partial charge is 0.384 e. The minimum atomic E-state index is -0.899. The van der Waals surface area contributed by atoms with Crippen LogP contribution in [0.3, 0.4) is 0 Å². The maximum atomic E-state index is 12.5. The van der Waals surface area contributed by atoms with Gasteiger partial charge in [0.25, 0.3) is 5.78 Å². The molecule has 0 N–H and O–H groups in total. The summed E-state index contributed by atoms with van der Waals surface area (Å²) in [5.74, 6) is -1.81. The second kappa shape index (κ2) is 3.06. The molecule has 4 heteroatoms. The molecule has 1 aromatic carbocycles. The fraction of sp³-hybridized carbons (Fsp3) is 0. The summed E-state index contributed by atoms with van der Waals surface area (Å²) in [5, 5.41) is 0. The van der Waals surface area contributed by atoms with Gasteiger partial charge in [0.15, 0.2) is 0 Å². The van der Waals surface area contributed by atoms with Crippen molar-refractivity contribution in [3.63, 3.8) is 0 Å². The van der Waals surface area contributed by atoms with Crippen molar-refractivity contribution < 1.29 is 18.7 Å². The van der Waals surface area contributed by atoms with Gasteiger partial charge >= 0.3 is 5.97 Å². The van der Waals surface area contributed by atoms with E-state index in [1.807, 2.05) is 0 Å². The molecule has 1 aliphatic heterocycles. The number of esters is 1. The maximum absolute atomic E-state index is 12.5. The number of carbonyl (C=O) groups excluding carboxylic acids is 2. The maximum Gasteiger partial charge on any atom is 0.384 e. The van der Waals surface area contributed by atoms with Crippen LogP contribution < -0.4 is 0 Å². The van der Waals surface area contributed by atoms with Crippen molar-refractivity contribution in [3.8, 4) is 0 Å². The van der Waals surface area contributed by atoms with E-state index in [1.54, 1.807) is 0 Å². The highest BCUT2D eigenvalue weighted by atomic mass is 19.1. The molecule has 0 saturated carbocycles. The van der Waals surface area contributed by atoms with Gasteiger partial charge in [-0.25, -0.2) is 9.18 Å². The Morgan fingerprint density at radius 2 is 1.71 bits per heavy atom. The van der Waals surface area contributed by atoms with Gasteiger partial charge < -0.3 is 4.74 Å². The predicted octanol–water partition coefficient (Wildman–Crippen LogP) is 1.29. The molecule has 1 heterocycles. The summed E-state index contributed by atoms with van der Waals surface area (Å²) in [5.41, 5.74) is 0.505. The van der Waals surface area contributed by atoms with E-state index in [-0.39, 0.29) is 11.6 Å². The van der Waals surface area contributed by atoms with E-state index in [4.69, 9.17) is 0 Å². The lowest BCUT2D eigenvalue weighted by Gasteiger charge is -2.00. The van der Waals surface area contributed by atoms with Crippen LogP contribution in [0.4, 0.5) is 4.39 Å². The average Bonchev–Trinajstić information content (AvgIpc) is 2.48. The molecule has 0 radical (unpaired) electrons. The van der Waals surface area contributed by atoms with Crippen LogP contribution in [0.1, 0.15) is 5.56 Å². The number of ketones is 1. The quantitative estimate of drug-likeness (QED) is 0.497. The van der Waals surface area contributed by atoms with E-state index < -0.39 is 11.8 Å². The van der Waals surface area contributed by atoms with Crippen LogP contribution in [-0.2, 0) is 14.3 Å². The van der Waals surface area contributed by atoms with E-state index >= 15 is 0 Å². The first-order valence-corrected chi connectivity index (χ1v) is 3.90. The molecule has 0 fully saturated rings. The largest absolute Gasteiger partial charge is 0.420 e. The Hall–Kier alpha value is -1.97. The van der Waals surface area contributed by atoms with Crippen molar-refractivity contribution in [2.24, 2.45) is 0 Å². The third-order valence-electron chi connectivity index (χ3n) is 1.79. The van der Waals surface area contributed by atoms with Crippen LogP contribution in [0.2, 0.25) is 0 Å². The first-order chi connectivity index (χ1) is 6.66. The summed E-state index contributed by atoms with van der Waals surface area (Å²) >= 11 is 0. The molecule has 14 heavy (non-hydrogen) atoms. The van der Waals surface area contributed by atoms with Crippen molar-refractivity contribution in [3.05, 3.63) is 41.7 Å². The van der Waals surface area contributed by atoms with Gasteiger partial charge in [0, 0.05) is 11.6 Å². The van der Waals surface area contributed by atoms with E-state index in [1.165, 1.54) is 24.3 Å². The lowest BCUT2D eigenvalue weighted by Crippen LogP contribution is -2.05. The minimum absolute atomic E-state index is 0.167. The van der Waals surface area contributed by atoms with Gasteiger partial charge in [-0.15, -0.1) is 0 Å². The number of rotatable bonds is 1. The number of hydrogen-bond acceptors (Lipinski definition) is 3. The van der Waals surface area contributed by atoms with E-state index in [0.29, 0.717) is 5.56 Å². The van der Waals surface area contributed by atoms with Crippen LogP contribution >= 0.6 is 0 Å². The number of halogens is 1. The van der Waals surface area contributed by atoms with Gasteiger partial charge in [-0.2, -0.15) is 0 Å². The molecule has 0 unspecified atom stereocenters. The Morgan fingerprint density at radius 1 is 1.07 bits per heavy atom. The predicted molar refractivity (Wildman–Crippen MR) is 45.5 cm³/mol. The third kappa shape index (κ3) is 1.42. The summed E-state index contributed by atoms with van der Waals surface area (Å²) in [6.45, 7) is 0. The highest BCUT2D eigenvalue weighted by Crippen LogP contribution is 2.20. The van der Waals surface area contributed by atoms with Gasteiger partial charge in [-0.05, 0) is 24.3 Å². The standard InChI is InChI=1S/C10H5FO3/c11-7-3-1-6(2-4-7)9-5-8(12)10(13)14-9/h1-5H. The normalized spacial score (nSPS) is 15.4. The van der Waals surface area contributed by atoms with Crippen molar-refractivity contribution in [1.29, 1.82) is 0 Å². The molecule has 0 amide bonds. The van der Waals surface area contributed by atoms with Crippen LogP contribution in [0.15, 0.2) is 30.3 Å². The lowest BCUT2D eigenvalue weighted by atomic mass is 10.2. The fourth-order valence-corrected chi connectivity index (χ4v) is 1.11. The average molecular weight is 192 g/mol. The molecule has 2 rings (SSSR count). The molecule has 0 saturated heterocycles. The molecular weight excluding hydrogens is 187 g/mol. The van der Waals surface area contributed by atoms with Crippen molar-refractivity contribution in [2.45, 2.75) is 0 Å². The number of carbonyl (C=O) groups is 2. The Labute approximate surface area is 78.8 Å². The zero-order valence-corrected chi connectivity index (χ0v) is 6.99. The van der Waals surface area contributed by atoms with Gasteiger partial charge in [0.05, 0.1) is 0 Å². The number of ether oxygens (including phenoxy) is 1. The van der Waals surface area contributed by atoms with Crippen molar-refractivity contribution >= 4 is 17.5 Å². The summed E-state index contributed by atoms with van der Waals surface area (Å²) in [6.07, 6.45) is 1.09. The zero-order chi connectivity index (χ0) is 10.1. The minimum Gasteiger partial charge on any atom is -0.420 e. The Balaban J connectivity index is 2.34. The Kier molecular flexibility index (Phi) is 1.89. The topological polar surface area (TPSA) is 43.4 Å². The highest BCUT2D eigenvalue weighted by Gasteiger charge is 2.24. The monoisotopic (exact) mass is 192 g/mol. The molecule has 1 aliphatic rings. The first kappa shape index (κ1) is 8.62. The van der Waals surface area contributed by atoms with Crippen LogP contribution in [0, 0.1) is 5.82 Å². The Bertz CT molecular complexity index is 431. The first-order valence-electron chi connectivity index (χ1n) is 3.90. The van der Waals surface area contributed by atoms with E-state index in [9.17, 15) is 14.0 Å². The second-order valence-electron chi connectivity index (χ2n) is 2.77. The molecule has 0 aromatic heterocycles. The molecule has 0 bridgehead atoms. The number of cyclic esters (lactones) is 1. The van der Waals surface area contributed by atoms with Crippen molar-refractivity contribution in [2.75, 3.05) is 0 Å². The van der Waals surface area contributed by atoms with Gasteiger partial charge in [-0.3, -0.25) is 4.79 Å². The van der Waals surface area contributed by atoms with Gasteiger partial charge in [0.2, 0.25) is 0 Å². The number of benzene rings is 1. The number of hydrogen-bond donors (Lipinski definition) is 0. The zero-order valence-electron chi connectivity index (χ0n) is 6.99. The summed E-state index contributed by atoms with van der Waals surface area (Å²) in [7, 11) is 0. The lowest BCUT2D eigenvalue weighted by molar-refractivity contribution is -0.144. The molecule has 3 nitrogen and oxygen atoms in total. The Morgan fingerprint density at radius 3 is 2.21 bits per heavy atom. The van der Waals surface area contributed by atoms with E-state index in [0.717, 1.165) is 6.08 Å². The van der Waals surface area contributed by atoms with Gasteiger partial charge in [-0.1, -0.05) is 0 Å². The summed E-state index contributed by atoms with van der Waals surface area (Å²) in [6, 6.07) is 5.33. The molecule has 0 aliphatic carbocycles. The summed E-state index contributed by atoms with van der Waals surface area (Å²) < 4.78 is 17.2. The molecule has 1 aromatic rings. The third-order valence-corrected chi connectivity index (χ3v) is 1.79. The SMILES string of the molecule is O=C1C=C(c2ccc(F)cc2)OC1=O. The van der Waals surface area contributed by atoms with Gasteiger partial charge in [0.1, 0.15) is 11.6 Å². The fourth-order valence-electron chi connectivity index (χ4n) is 1.11. The second-order valence-corrected chi connectivity index (χ2v) is 2.77. The van der Waals surface area contributed by atoms with Crippen molar-refractivity contribution in [1.82, 2.24) is 0 Å². The van der Waals surface area contributed by atoms with E-state index in [2.05, 4.69) is 4.74 Å².